The SMILES string of the molecule is CONC1=NCCN(N)C1. The summed E-state index contributed by atoms with van der Waals surface area (Å²) in [6.07, 6.45) is 0. The van der Waals surface area contributed by atoms with Crippen LogP contribution in [0, 0.1) is 0 Å². The fourth-order valence-corrected chi connectivity index (χ4v) is 0.817. The van der Waals surface area contributed by atoms with Crippen LogP contribution in [0.15, 0.2) is 4.99 Å². The Labute approximate surface area is 59.8 Å². The zero-order valence-corrected chi connectivity index (χ0v) is 6.00. The summed E-state index contributed by atoms with van der Waals surface area (Å²) in [6, 6.07) is 0. The van der Waals surface area contributed by atoms with E-state index in [1.54, 1.807) is 12.1 Å². The normalized spacial score (nSPS) is 20.4. The van der Waals surface area contributed by atoms with Crippen molar-refractivity contribution in [3.63, 3.8) is 0 Å². The van der Waals surface area contributed by atoms with Crippen molar-refractivity contribution in [3.8, 4) is 0 Å². The Morgan fingerprint density at radius 1 is 1.80 bits per heavy atom. The van der Waals surface area contributed by atoms with Crippen LogP contribution in [0.3, 0.4) is 0 Å². The van der Waals surface area contributed by atoms with Gasteiger partial charge in [0.1, 0.15) is 5.84 Å². The molecule has 0 aliphatic carbocycles. The number of rotatable bonds is 1. The molecule has 3 N–H and O–H groups in total. The average molecular weight is 144 g/mol. The molecule has 0 aromatic carbocycles. The Morgan fingerprint density at radius 2 is 2.60 bits per heavy atom. The van der Waals surface area contributed by atoms with Crippen molar-refractivity contribution in [2.75, 3.05) is 26.7 Å². The second-order valence-corrected chi connectivity index (χ2v) is 2.11. The predicted octanol–water partition coefficient (Wildman–Crippen LogP) is -1.27. The second-order valence-electron chi connectivity index (χ2n) is 2.11. The van der Waals surface area contributed by atoms with Gasteiger partial charge in [0.15, 0.2) is 0 Å². The molecule has 1 heterocycles. The maximum atomic E-state index is 5.51. The lowest BCUT2D eigenvalue weighted by Crippen LogP contribution is -2.45. The van der Waals surface area contributed by atoms with Crippen LogP contribution in [0.5, 0.6) is 0 Å². The molecule has 5 nitrogen and oxygen atoms in total. The van der Waals surface area contributed by atoms with E-state index < -0.39 is 0 Å². The van der Waals surface area contributed by atoms with Crippen LogP contribution in [0.4, 0.5) is 0 Å². The highest BCUT2D eigenvalue weighted by atomic mass is 16.6. The minimum Gasteiger partial charge on any atom is -0.278 e. The van der Waals surface area contributed by atoms with Crippen molar-refractivity contribution >= 4 is 5.84 Å². The molecule has 0 atom stereocenters. The standard InChI is InChI=1S/C5H12N4O/c1-10-8-5-4-9(6)3-2-7-5/h2-4,6H2,1H3,(H,7,8). The quantitative estimate of drug-likeness (QED) is 0.355. The highest BCUT2D eigenvalue weighted by molar-refractivity contribution is 5.83. The molecule has 0 saturated carbocycles. The van der Waals surface area contributed by atoms with Crippen LogP contribution in [-0.4, -0.2) is 37.6 Å². The first-order chi connectivity index (χ1) is 4.83. The van der Waals surface area contributed by atoms with E-state index in [4.69, 9.17) is 5.84 Å². The topological polar surface area (TPSA) is 62.9 Å². The summed E-state index contributed by atoms with van der Waals surface area (Å²) in [5.74, 6) is 6.30. The van der Waals surface area contributed by atoms with Crippen molar-refractivity contribution in [1.29, 1.82) is 0 Å². The summed E-state index contributed by atoms with van der Waals surface area (Å²) in [5.41, 5.74) is 2.64. The molecule has 0 unspecified atom stereocenters. The molecule has 0 saturated heterocycles. The van der Waals surface area contributed by atoms with Gasteiger partial charge in [-0.1, -0.05) is 0 Å². The Bertz CT molecular complexity index is 136. The number of hydrogen-bond acceptors (Lipinski definition) is 5. The zero-order valence-electron chi connectivity index (χ0n) is 6.00. The minimum atomic E-state index is 0.633. The van der Waals surface area contributed by atoms with Crippen LogP contribution >= 0.6 is 0 Å². The molecule has 5 heteroatoms. The Kier molecular flexibility index (Phi) is 2.61. The summed E-state index contributed by atoms with van der Waals surface area (Å²) in [6.45, 7) is 2.19. The highest BCUT2D eigenvalue weighted by Crippen LogP contribution is 1.89. The maximum absolute atomic E-state index is 5.51. The minimum absolute atomic E-state index is 0.633. The number of hydrazine groups is 1. The van der Waals surface area contributed by atoms with Gasteiger partial charge in [-0.15, -0.1) is 0 Å². The van der Waals surface area contributed by atoms with Gasteiger partial charge in [0.2, 0.25) is 0 Å². The summed E-state index contributed by atoms with van der Waals surface area (Å²) in [4.78, 5) is 8.80. The molecule has 58 valence electrons. The lowest BCUT2D eigenvalue weighted by atomic mass is 10.4. The van der Waals surface area contributed by atoms with Gasteiger partial charge in [-0.05, 0) is 0 Å². The number of nitrogens with one attached hydrogen (secondary N) is 1. The van der Waals surface area contributed by atoms with Crippen LogP contribution in [0.25, 0.3) is 0 Å². The largest absolute Gasteiger partial charge is 0.278 e. The van der Waals surface area contributed by atoms with Crippen LogP contribution < -0.4 is 11.3 Å². The van der Waals surface area contributed by atoms with Crippen molar-refractivity contribution in [2.24, 2.45) is 10.8 Å². The van der Waals surface area contributed by atoms with Gasteiger partial charge in [-0.25, -0.2) is 5.01 Å². The van der Waals surface area contributed by atoms with E-state index in [0.717, 1.165) is 18.9 Å². The van der Waals surface area contributed by atoms with Crippen molar-refractivity contribution in [2.45, 2.75) is 0 Å². The first kappa shape index (κ1) is 7.46. The number of aliphatic imine (C=N–C) groups is 1. The molecule has 1 aliphatic rings. The zero-order chi connectivity index (χ0) is 7.40. The molecule has 0 aromatic heterocycles. The molecular weight excluding hydrogens is 132 g/mol. The van der Waals surface area contributed by atoms with Gasteiger partial charge < -0.3 is 0 Å². The van der Waals surface area contributed by atoms with Crippen molar-refractivity contribution in [3.05, 3.63) is 0 Å². The van der Waals surface area contributed by atoms with Crippen LogP contribution in [0.1, 0.15) is 0 Å². The van der Waals surface area contributed by atoms with Crippen LogP contribution in [0.2, 0.25) is 0 Å². The Balaban J connectivity index is 2.36. The number of nitrogens with two attached hydrogens (primary N) is 1. The average Bonchev–Trinajstić information content (AvgIpc) is 1.88. The molecule has 0 spiro atoms. The monoisotopic (exact) mass is 144 g/mol. The number of nitrogens with zero attached hydrogens (tertiary/aromatic N) is 2. The van der Waals surface area contributed by atoms with Crippen molar-refractivity contribution < 1.29 is 4.84 Å². The molecule has 0 fully saturated rings. The van der Waals surface area contributed by atoms with E-state index in [0.29, 0.717) is 6.54 Å². The summed E-state index contributed by atoms with van der Waals surface area (Å²) < 4.78 is 0. The van der Waals surface area contributed by atoms with Gasteiger partial charge in [0.05, 0.1) is 20.2 Å². The van der Waals surface area contributed by atoms with E-state index in [2.05, 4.69) is 15.3 Å². The Hall–Kier alpha value is -0.650. The van der Waals surface area contributed by atoms with Gasteiger partial charge in [0.25, 0.3) is 0 Å². The van der Waals surface area contributed by atoms with Crippen LogP contribution in [-0.2, 0) is 4.84 Å². The lowest BCUT2D eigenvalue weighted by molar-refractivity contribution is 0.137. The third kappa shape index (κ3) is 1.94. The third-order valence-electron chi connectivity index (χ3n) is 1.26. The molecule has 0 amide bonds. The third-order valence-corrected chi connectivity index (χ3v) is 1.26. The van der Waals surface area contributed by atoms with Gasteiger partial charge >= 0.3 is 0 Å². The summed E-state index contributed by atoms with van der Waals surface area (Å²) in [7, 11) is 1.55. The highest BCUT2D eigenvalue weighted by Gasteiger charge is 2.08. The number of amidine groups is 1. The molecule has 0 bridgehead atoms. The van der Waals surface area contributed by atoms with Gasteiger partial charge in [0, 0.05) is 6.54 Å². The Morgan fingerprint density at radius 3 is 3.20 bits per heavy atom. The molecule has 0 radical (unpaired) electrons. The van der Waals surface area contributed by atoms with E-state index in [9.17, 15) is 0 Å². The molecular formula is C5H12N4O. The first-order valence-corrected chi connectivity index (χ1v) is 3.15. The molecule has 10 heavy (non-hydrogen) atoms. The summed E-state index contributed by atoms with van der Waals surface area (Å²) >= 11 is 0. The van der Waals surface area contributed by atoms with E-state index in [-0.39, 0.29) is 0 Å². The maximum Gasteiger partial charge on any atom is 0.136 e. The van der Waals surface area contributed by atoms with Crippen molar-refractivity contribution in [1.82, 2.24) is 10.5 Å². The number of hydrogen-bond donors (Lipinski definition) is 2. The van der Waals surface area contributed by atoms with Gasteiger partial charge in [-0.3, -0.25) is 21.2 Å². The van der Waals surface area contributed by atoms with E-state index >= 15 is 0 Å². The van der Waals surface area contributed by atoms with Gasteiger partial charge in [-0.2, -0.15) is 0 Å². The lowest BCUT2D eigenvalue weighted by Gasteiger charge is -2.21. The second kappa shape index (κ2) is 3.50. The van der Waals surface area contributed by atoms with E-state index in [1.807, 2.05) is 0 Å². The molecule has 0 aromatic rings. The summed E-state index contributed by atoms with van der Waals surface area (Å²) in [5, 5.41) is 1.69. The molecule has 1 rings (SSSR count). The number of hydroxylamine groups is 1. The fourth-order valence-electron chi connectivity index (χ4n) is 0.817. The predicted molar refractivity (Wildman–Crippen MR) is 38.2 cm³/mol. The van der Waals surface area contributed by atoms with E-state index in [1.165, 1.54) is 0 Å². The first-order valence-electron chi connectivity index (χ1n) is 3.15. The fraction of sp³-hybridized carbons (Fsp3) is 0.800. The smallest absolute Gasteiger partial charge is 0.136 e. The molecule has 1 aliphatic heterocycles.